The van der Waals surface area contributed by atoms with Gasteiger partial charge in [-0.1, -0.05) is 23.7 Å². The number of nitrogens with one attached hydrogen (secondary N) is 1. The maximum Gasteiger partial charge on any atom is 0.113 e. The summed E-state index contributed by atoms with van der Waals surface area (Å²) in [6.07, 6.45) is 0.779. The molecule has 0 bridgehead atoms. The van der Waals surface area contributed by atoms with Gasteiger partial charge >= 0.3 is 0 Å². The molecular weight excluding hydrogens is 265 g/mol. The van der Waals surface area contributed by atoms with Gasteiger partial charge in [-0.2, -0.15) is 0 Å². The van der Waals surface area contributed by atoms with Crippen LogP contribution in [0.1, 0.15) is 24.5 Å². The second kappa shape index (κ2) is 6.21. The second-order valence-corrected chi connectivity index (χ2v) is 6.02. The maximum absolute atomic E-state index is 14.7. The Hall–Kier alpha value is -0.640. The van der Waals surface area contributed by atoms with Crippen LogP contribution in [0.4, 0.5) is 4.39 Å². The van der Waals surface area contributed by atoms with Crippen LogP contribution in [-0.2, 0) is 11.2 Å². The lowest BCUT2D eigenvalue weighted by molar-refractivity contribution is 0.0483. The van der Waals surface area contributed by atoms with E-state index in [1.807, 2.05) is 25.1 Å². The number of halogens is 2. The van der Waals surface area contributed by atoms with Crippen molar-refractivity contribution in [3.8, 4) is 0 Å². The Morgan fingerprint density at radius 2 is 2.32 bits per heavy atom. The van der Waals surface area contributed by atoms with Gasteiger partial charge < -0.3 is 10.1 Å². The molecule has 1 aromatic rings. The number of rotatable bonds is 4. The summed E-state index contributed by atoms with van der Waals surface area (Å²) < 4.78 is 20.0. The highest BCUT2D eigenvalue weighted by atomic mass is 35.5. The summed E-state index contributed by atoms with van der Waals surface area (Å²) in [6.45, 7) is 5.71. The molecule has 0 radical (unpaired) electrons. The normalized spacial score (nSPS) is 23.1. The molecule has 2 rings (SSSR count). The molecule has 1 heterocycles. The van der Waals surface area contributed by atoms with Crippen LogP contribution in [0.15, 0.2) is 18.2 Å². The monoisotopic (exact) mass is 285 g/mol. The summed E-state index contributed by atoms with van der Waals surface area (Å²) >= 11 is 6.17. The van der Waals surface area contributed by atoms with Crippen LogP contribution in [0.2, 0.25) is 5.02 Å². The largest absolute Gasteiger partial charge is 0.379 e. The first-order valence-electron chi connectivity index (χ1n) is 6.71. The lowest BCUT2D eigenvalue weighted by Crippen LogP contribution is -2.45. The molecule has 1 aromatic carbocycles. The summed E-state index contributed by atoms with van der Waals surface area (Å²) in [5.74, 6) is 0. The van der Waals surface area contributed by atoms with Crippen molar-refractivity contribution in [2.24, 2.45) is 0 Å². The first kappa shape index (κ1) is 14.8. The molecule has 1 fully saturated rings. The van der Waals surface area contributed by atoms with Crippen molar-refractivity contribution in [2.75, 3.05) is 19.8 Å². The van der Waals surface area contributed by atoms with Gasteiger partial charge in [0.25, 0.3) is 0 Å². The molecule has 106 valence electrons. The molecule has 0 amide bonds. The summed E-state index contributed by atoms with van der Waals surface area (Å²) in [5, 5.41) is 3.94. The van der Waals surface area contributed by atoms with Gasteiger partial charge in [-0.3, -0.25) is 0 Å². The lowest BCUT2D eigenvalue weighted by Gasteiger charge is -2.30. The van der Waals surface area contributed by atoms with Gasteiger partial charge in [-0.05, 0) is 37.5 Å². The fourth-order valence-corrected chi connectivity index (χ4v) is 2.83. The molecule has 1 N–H and O–H groups in total. The van der Waals surface area contributed by atoms with Gasteiger partial charge in [-0.25, -0.2) is 4.39 Å². The zero-order valence-electron chi connectivity index (χ0n) is 11.5. The summed E-state index contributed by atoms with van der Waals surface area (Å²) in [4.78, 5) is 0. The molecule has 2 nitrogen and oxygen atoms in total. The first-order valence-corrected chi connectivity index (χ1v) is 7.09. The number of benzene rings is 1. The molecule has 19 heavy (non-hydrogen) atoms. The van der Waals surface area contributed by atoms with Crippen molar-refractivity contribution < 1.29 is 9.13 Å². The fourth-order valence-electron chi connectivity index (χ4n) is 2.53. The van der Waals surface area contributed by atoms with Crippen LogP contribution >= 0.6 is 11.6 Å². The third-order valence-corrected chi connectivity index (χ3v) is 3.79. The number of morpholine rings is 1. The summed E-state index contributed by atoms with van der Waals surface area (Å²) in [6, 6.07) is 5.86. The van der Waals surface area contributed by atoms with Crippen LogP contribution in [0, 0.1) is 6.92 Å². The lowest BCUT2D eigenvalue weighted by atomic mass is 9.91. The van der Waals surface area contributed by atoms with E-state index in [4.69, 9.17) is 16.3 Å². The van der Waals surface area contributed by atoms with Gasteiger partial charge in [-0.15, -0.1) is 0 Å². The number of aryl methyl sites for hydroxylation is 1. The number of hydrogen-bond donors (Lipinski definition) is 1. The van der Waals surface area contributed by atoms with Crippen molar-refractivity contribution in [2.45, 2.75) is 38.4 Å². The van der Waals surface area contributed by atoms with Crippen molar-refractivity contribution in [1.29, 1.82) is 0 Å². The first-order chi connectivity index (χ1) is 8.96. The van der Waals surface area contributed by atoms with Gasteiger partial charge in [0.15, 0.2) is 0 Å². The molecule has 1 aliphatic rings. The predicted molar refractivity (Wildman–Crippen MR) is 76.6 cm³/mol. The van der Waals surface area contributed by atoms with Gasteiger partial charge in [0, 0.05) is 24.0 Å². The minimum Gasteiger partial charge on any atom is -0.379 e. The molecule has 0 saturated carbocycles. The topological polar surface area (TPSA) is 21.3 Å². The van der Waals surface area contributed by atoms with E-state index in [0.29, 0.717) is 31.1 Å². The van der Waals surface area contributed by atoms with E-state index < -0.39 is 5.67 Å². The third kappa shape index (κ3) is 4.44. The standard InChI is InChI=1S/C15H21ClFNO/c1-11-3-4-12(14(16)7-11)8-15(2,17)9-13-10-19-6-5-18-13/h3-4,7,13,18H,5-6,8-10H2,1-2H3. The summed E-state index contributed by atoms with van der Waals surface area (Å²) in [5.41, 5.74) is 0.683. The second-order valence-electron chi connectivity index (χ2n) is 5.62. The average Bonchev–Trinajstić information content (AvgIpc) is 2.33. The van der Waals surface area contributed by atoms with E-state index in [0.717, 1.165) is 17.7 Å². The van der Waals surface area contributed by atoms with Crippen molar-refractivity contribution >= 4 is 11.6 Å². The van der Waals surface area contributed by atoms with Crippen molar-refractivity contribution in [3.63, 3.8) is 0 Å². The van der Waals surface area contributed by atoms with E-state index in [-0.39, 0.29) is 6.04 Å². The molecule has 2 unspecified atom stereocenters. The Bertz CT molecular complexity index is 430. The summed E-state index contributed by atoms with van der Waals surface area (Å²) in [7, 11) is 0. The Morgan fingerprint density at radius 3 is 2.95 bits per heavy atom. The smallest absolute Gasteiger partial charge is 0.113 e. The van der Waals surface area contributed by atoms with Crippen molar-refractivity contribution in [1.82, 2.24) is 5.32 Å². The minimum absolute atomic E-state index is 0.0907. The number of alkyl halides is 1. The Balaban J connectivity index is 1.99. The molecule has 0 spiro atoms. The SMILES string of the molecule is Cc1ccc(CC(C)(F)CC2COCCN2)c(Cl)c1. The highest BCUT2D eigenvalue weighted by Gasteiger charge is 2.29. The Morgan fingerprint density at radius 1 is 1.53 bits per heavy atom. The van der Waals surface area contributed by atoms with Gasteiger partial charge in [0.05, 0.1) is 13.2 Å². The van der Waals surface area contributed by atoms with Crippen LogP contribution in [0.5, 0.6) is 0 Å². The van der Waals surface area contributed by atoms with Crippen LogP contribution in [0.3, 0.4) is 0 Å². The van der Waals surface area contributed by atoms with Crippen LogP contribution < -0.4 is 5.32 Å². The van der Waals surface area contributed by atoms with E-state index in [1.54, 1.807) is 6.92 Å². The molecule has 1 saturated heterocycles. The van der Waals surface area contributed by atoms with E-state index in [2.05, 4.69) is 5.32 Å². The number of ether oxygens (including phenoxy) is 1. The Kier molecular flexibility index (Phi) is 4.82. The highest BCUT2D eigenvalue weighted by Crippen LogP contribution is 2.28. The molecular formula is C15H21ClFNO. The van der Waals surface area contributed by atoms with Crippen LogP contribution in [0.25, 0.3) is 0 Å². The maximum atomic E-state index is 14.7. The zero-order valence-corrected chi connectivity index (χ0v) is 12.3. The van der Waals surface area contributed by atoms with E-state index >= 15 is 0 Å². The van der Waals surface area contributed by atoms with Gasteiger partial charge in [0.2, 0.25) is 0 Å². The quantitative estimate of drug-likeness (QED) is 0.916. The van der Waals surface area contributed by atoms with Crippen LogP contribution in [-0.4, -0.2) is 31.5 Å². The van der Waals surface area contributed by atoms with Gasteiger partial charge in [0.1, 0.15) is 5.67 Å². The van der Waals surface area contributed by atoms with Crippen molar-refractivity contribution in [3.05, 3.63) is 34.3 Å². The predicted octanol–water partition coefficient (Wildman–Crippen LogP) is 3.30. The minimum atomic E-state index is -1.28. The Labute approximate surface area is 119 Å². The molecule has 0 aliphatic carbocycles. The number of hydrogen-bond acceptors (Lipinski definition) is 2. The average molecular weight is 286 g/mol. The van der Waals surface area contributed by atoms with E-state index in [1.165, 1.54) is 0 Å². The molecule has 2 atom stereocenters. The molecule has 1 aliphatic heterocycles. The molecule has 4 heteroatoms. The fraction of sp³-hybridized carbons (Fsp3) is 0.600. The van der Waals surface area contributed by atoms with E-state index in [9.17, 15) is 4.39 Å². The third-order valence-electron chi connectivity index (χ3n) is 3.44. The zero-order chi connectivity index (χ0) is 13.9. The molecule has 0 aromatic heterocycles. The highest BCUT2D eigenvalue weighted by molar-refractivity contribution is 6.31.